The molecule has 16 heavy (non-hydrogen) atoms. The summed E-state index contributed by atoms with van der Waals surface area (Å²) in [6, 6.07) is 0. The van der Waals surface area contributed by atoms with E-state index in [1.54, 1.807) is 36.3 Å². The predicted molar refractivity (Wildman–Crippen MR) is 79.6 cm³/mol. The van der Waals surface area contributed by atoms with E-state index in [0.29, 0.717) is 0 Å². The van der Waals surface area contributed by atoms with Crippen molar-refractivity contribution in [1.82, 2.24) is 0 Å². The Bertz CT molecular complexity index is 207. The fourth-order valence-electron chi connectivity index (χ4n) is 2.22. The summed E-state index contributed by atoms with van der Waals surface area (Å²) in [5.74, 6) is 2.97. The zero-order valence-electron chi connectivity index (χ0n) is 9.60. The molecule has 2 heterocycles. The van der Waals surface area contributed by atoms with Gasteiger partial charge in [0.25, 0.3) is 0 Å². The molecule has 2 saturated heterocycles. The van der Waals surface area contributed by atoms with Gasteiger partial charge in [-0.1, -0.05) is 0 Å². The average molecular weight is 386 g/mol. The summed E-state index contributed by atoms with van der Waals surface area (Å²) in [4.78, 5) is 2.36. The van der Waals surface area contributed by atoms with Gasteiger partial charge in [-0.25, -0.2) is 0 Å². The second-order valence-electron chi connectivity index (χ2n) is 4.99. The zero-order valence-corrected chi connectivity index (χ0v) is 14.7. The monoisotopic (exact) mass is 388 g/mol. The van der Waals surface area contributed by atoms with Gasteiger partial charge in [0.15, 0.2) is 0 Å². The Morgan fingerprint density at radius 2 is 1.38 bits per heavy atom. The minimum atomic E-state index is 0.997. The third-order valence-electron chi connectivity index (χ3n) is 3.42. The third-order valence-corrected chi connectivity index (χ3v) is 12.6. The van der Waals surface area contributed by atoms with E-state index in [1.165, 1.54) is 21.1 Å². The van der Waals surface area contributed by atoms with Gasteiger partial charge in [-0.2, -0.15) is 0 Å². The molecule has 92 valence electrons. The van der Waals surface area contributed by atoms with Gasteiger partial charge in [-0.15, -0.1) is 0 Å². The average Bonchev–Trinajstić information content (AvgIpc) is 3.17. The summed E-state index contributed by atoms with van der Waals surface area (Å²) in [7, 11) is 0. The maximum atomic E-state index is 2.20. The van der Waals surface area contributed by atoms with Crippen LogP contribution < -0.4 is 0 Å². The van der Waals surface area contributed by atoms with E-state index in [4.69, 9.17) is 0 Å². The number of hydrogen-bond acceptors (Lipinski definition) is 2. The molecule has 2 aliphatic heterocycles. The first kappa shape index (κ1) is 12.8. The van der Waals surface area contributed by atoms with E-state index in [-0.39, 0.29) is 0 Å². The van der Waals surface area contributed by atoms with Crippen LogP contribution in [-0.4, -0.2) is 51.9 Å². The van der Waals surface area contributed by atoms with Crippen LogP contribution in [0.4, 0.5) is 0 Å². The molecule has 0 bridgehead atoms. The molecule has 0 N–H and O–H groups in total. The van der Waals surface area contributed by atoms with Crippen molar-refractivity contribution in [2.45, 2.75) is 56.5 Å². The van der Waals surface area contributed by atoms with Gasteiger partial charge in [0, 0.05) is 0 Å². The molecular formula is C12H20S2Se2. The van der Waals surface area contributed by atoms with E-state index in [0.717, 1.165) is 40.4 Å². The van der Waals surface area contributed by atoms with Crippen LogP contribution in [0.15, 0.2) is 0 Å². The minimum absolute atomic E-state index is 0.997. The fraction of sp³-hybridized carbons (Fsp3) is 1.00. The van der Waals surface area contributed by atoms with Gasteiger partial charge in [-0.3, -0.25) is 0 Å². The summed E-state index contributed by atoms with van der Waals surface area (Å²) in [5.41, 5.74) is 0. The standard InChI is InChI=1S/C12H20S2Se2/c1-2-11(15-7-9-5-13-9)4-12(3-1)16-8-10-6-14-10/h9-12H,1-8H2. The topological polar surface area (TPSA) is 0 Å². The van der Waals surface area contributed by atoms with Crippen LogP contribution in [0.1, 0.15) is 25.7 Å². The van der Waals surface area contributed by atoms with Crippen LogP contribution in [0.5, 0.6) is 0 Å². The Morgan fingerprint density at radius 3 is 1.81 bits per heavy atom. The molecule has 1 aliphatic carbocycles. The van der Waals surface area contributed by atoms with E-state index in [9.17, 15) is 0 Å². The number of thioether (sulfide) groups is 2. The molecule has 0 spiro atoms. The van der Waals surface area contributed by atoms with Crippen molar-refractivity contribution in [1.29, 1.82) is 0 Å². The number of rotatable bonds is 6. The number of hydrogen-bond donors (Lipinski definition) is 0. The van der Waals surface area contributed by atoms with Crippen molar-refractivity contribution in [3.05, 3.63) is 0 Å². The molecule has 3 rings (SSSR count). The molecule has 4 heteroatoms. The van der Waals surface area contributed by atoms with Crippen LogP contribution in [0, 0.1) is 0 Å². The molecule has 3 fully saturated rings. The molecule has 0 aromatic carbocycles. The molecule has 0 aromatic heterocycles. The Hall–Kier alpha value is 1.74. The Morgan fingerprint density at radius 1 is 0.875 bits per heavy atom. The Kier molecular flexibility index (Phi) is 4.99. The Balaban J connectivity index is 1.34. The van der Waals surface area contributed by atoms with Gasteiger partial charge in [0.2, 0.25) is 0 Å². The van der Waals surface area contributed by atoms with Crippen molar-refractivity contribution in [3.8, 4) is 0 Å². The van der Waals surface area contributed by atoms with Crippen LogP contribution >= 0.6 is 23.5 Å². The second-order valence-corrected chi connectivity index (χ2v) is 13.2. The maximum absolute atomic E-state index is 2.20. The van der Waals surface area contributed by atoms with Crippen molar-refractivity contribution in [2.24, 2.45) is 0 Å². The first-order valence-electron chi connectivity index (χ1n) is 6.36. The quantitative estimate of drug-likeness (QED) is 0.505. The van der Waals surface area contributed by atoms with E-state index < -0.39 is 0 Å². The normalized spacial score (nSPS) is 42.0. The summed E-state index contributed by atoms with van der Waals surface area (Å²) in [6.45, 7) is 0. The summed E-state index contributed by atoms with van der Waals surface area (Å²) in [5, 5.41) is 5.41. The van der Waals surface area contributed by atoms with Crippen LogP contribution in [0.25, 0.3) is 0 Å². The third kappa shape index (κ3) is 4.44. The molecule has 0 nitrogen and oxygen atoms in total. The van der Waals surface area contributed by atoms with Gasteiger partial charge >= 0.3 is 121 Å². The van der Waals surface area contributed by atoms with E-state index in [1.807, 2.05) is 0 Å². The van der Waals surface area contributed by atoms with E-state index in [2.05, 4.69) is 23.5 Å². The molecule has 4 atom stereocenters. The summed E-state index contributed by atoms with van der Waals surface area (Å²) < 4.78 is 0. The zero-order chi connectivity index (χ0) is 10.8. The SMILES string of the molecule is C1CC([Se]CC2CS2)CC([Se]CC2CS2)C1. The van der Waals surface area contributed by atoms with Gasteiger partial charge in [0.1, 0.15) is 0 Å². The van der Waals surface area contributed by atoms with Crippen molar-refractivity contribution in [2.75, 3.05) is 11.5 Å². The first-order valence-corrected chi connectivity index (χ1v) is 12.9. The van der Waals surface area contributed by atoms with Gasteiger partial charge < -0.3 is 0 Å². The Labute approximate surface area is 121 Å². The van der Waals surface area contributed by atoms with Crippen molar-refractivity contribution in [3.63, 3.8) is 0 Å². The van der Waals surface area contributed by atoms with Crippen LogP contribution in [0.2, 0.25) is 20.3 Å². The van der Waals surface area contributed by atoms with Crippen LogP contribution in [0.3, 0.4) is 0 Å². The molecular weight excluding hydrogens is 366 g/mol. The summed E-state index contributed by atoms with van der Waals surface area (Å²) in [6.07, 6.45) is 6.37. The molecule has 0 aromatic rings. The van der Waals surface area contributed by atoms with E-state index >= 15 is 0 Å². The van der Waals surface area contributed by atoms with Gasteiger partial charge in [-0.05, 0) is 0 Å². The molecule has 4 unspecified atom stereocenters. The predicted octanol–water partition coefficient (Wildman–Crippen LogP) is 3.61. The molecule has 0 radical (unpaired) electrons. The van der Waals surface area contributed by atoms with Gasteiger partial charge in [0.05, 0.1) is 0 Å². The second kappa shape index (κ2) is 6.26. The van der Waals surface area contributed by atoms with Crippen LogP contribution in [-0.2, 0) is 0 Å². The first-order chi connectivity index (χ1) is 7.90. The molecule has 0 amide bonds. The molecule has 3 aliphatic rings. The summed E-state index contributed by atoms with van der Waals surface area (Å²) >= 11 is 6.39. The fourth-order valence-corrected chi connectivity index (χ4v) is 11.7. The van der Waals surface area contributed by atoms with Crippen molar-refractivity contribution < 1.29 is 0 Å². The van der Waals surface area contributed by atoms with Crippen molar-refractivity contribution >= 4 is 53.4 Å². The molecule has 1 saturated carbocycles.